The monoisotopic (exact) mass is 324 g/mol. The van der Waals surface area contributed by atoms with Crippen molar-refractivity contribution in [3.8, 4) is 10.7 Å². The summed E-state index contributed by atoms with van der Waals surface area (Å²) in [5.41, 5.74) is 0. The zero-order chi connectivity index (χ0) is 14.7. The van der Waals surface area contributed by atoms with Gasteiger partial charge in [-0.05, 0) is 11.4 Å². The van der Waals surface area contributed by atoms with Crippen LogP contribution >= 0.6 is 23.1 Å². The van der Waals surface area contributed by atoms with Crippen LogP contribution in [0.1, 0.15) is 0 Å². The summed E-state index contributed by atoms with van der Waals surface area (Å²) in [4.78, 5) is 15.0. The van der Waals surface area contributed by atoms with Gasteiger partial charge < -0.3 is 14.2 Å². The van der Waals surface area contributed by atoms with Crippen molar-refractivity contribution in [3.63, 3.8) is 0 Å². The number of carbonyl (C=O) groups is 1. The molecule has 1 fully saturated rings. The number of hydrogen-bond acceptors (Lipinski definition) is 6. The Morgan fingerprint density at radius 3 is 2.95 bits per heavy atom. The zero-order valence-corrected chi connectivity index (χ0v) is 13.3. The van der Waals surface area contributed by atoms with Crippen molar-refractivity contribution in [3.05, 3.63) is 17.5 Å². The molecule has 2 aromatic rings. The fourth-order valence-corrected chi connectivity index (χ4v) is 3.65. The summed E-state index contributed by atoms with van der Waals surface area (Å²) in [6, 6.07) is 4.01. The van der Waals surface area contributed by atoms with Crippen LogP contribution in [0.5, 0.6) is 0 Å². The predicted octanol–water partition coefficient (Wildman–Crippen LogP) is 1.49. The summed E-state index contributed by atoms with van der Waals surface area (Å²) in [6.45, 7) is 2.61. The van der Waals surface area contributed by atoms with E-state index < -0.39 is 0 Å². The summed E-state index contributed by atoms with van der Waals surface area (Å²) in [5, 5.41) is 11.2. The minimum Gasteiger partial charge on any atom is -0.378 e. The van der Waals surface area contributed by atoms with Gasteiger partial charge in [-0.2, -0.15) is 0 Å². The van der Waals surface area contributed by atoms with Gasteiger partial charge in [-0.3, -0.25) is 4.79 Å². The van der Waals surface area contributed by atoms with Crippen LogP contribution in [0, 0.1) is 0 Å². The van der Waals surface area contributed by atoms with Gasteiger partial charge in [-0.25, -0.2) is 0 Å². The lowest BCUT2D eigenvalue weighted by Crippen LogP contribution is -2.41. The number of aromatic nitrogens is 3. The number of ether oxygens (including phenoxy) is 1. The van der Waals surface area contributed by atoms with Crippen molar-refractivity contribution >= 4 is 29.0 Å². The predicted molar refractivity (Wildman–Crippen MR) is 82.4 cm³/mol. The van der Waals surface area contributed by atoms with Crippen molar-refractivity contribution in [1.29, 1.82) is 0 Å². The van der Waals surface area contributed by atoms with E-state index in [1.54, 1.807) is 11.3 Å². The molecule has 2 aromatic heterocycles. The third kappa shape index (κ3) is 3.28. The summed E-state index contributed by atoms with van der Waals surface area (Å²) >= 11 is 3.06. The van der Waals surface area contributed by atoms with Crippen molar-refractivity contribution in [1.82, 2.24) is 19.7 Å². The number of morpholine rings is 1. The summed E-state index contributed by atoms with van der Waals surface area (Å²) < 4.78 is 7.18. The molecule has 0 radical (unpaired) electrons. The molecule has 3 rings (SSSR count). The van der Waals surface area contributed by atoms with Crippen molar-refractivity contribution in [2.24, 2.45) is 7.05 Å². The molecule has 0 N–H and O–H groups in total. The Balaban J connectivity index is 1.62. The zero-order valence-electron chi connectivity index (χ0n) is 11.7. The van der Waals surface area contributed by atoms with Gasteiger partial charge in [0, 0.05) is 20.1 Å². The van der Waals surface area contributed by atoms with Gasteiger partial charge >= 0.3 is 0 Å². The fourth-order valence-electron chi connectivity index (χ4n) is 2.09. The van der Waals surface area contributed by atoms with Crippen LogP contribution in [0.3, 0.4) is 0 Å². The molecule has 0 unspecified atom stereocenters. The molecule has 1 aliphatic heterocycles. The average molecular weight is 324 g/mol. The molecule has 112 valence electrons. The van der Waals surface area contributed by atoms with Crippen LogP contribution in [0.4, 0.5) is 0 Å². The summed E-state index contributed by atoms with van der Waals surface area (Å²) in [5.74, 6) is 1.35. The van der Waals surface area contributed by atoms with Crippen LogP contribution in [-0.4, -0.2) is 57.6 Å². The molecule has 3 heterocycles. The molecule has 0 aromatic carbocycles. The number of carbonyl (C=O) groups excluding carboxylic acids is 1. The van der Waals surface area contributed by atoms with Gasteiger partial charge in [0.15, 0.2) is 11.0 Å². The van der Waals surface area contributed by atoms with E-state index in [0.717, 1.165) is 15.9 Å². The Bertz CT molecular complexity index is 606. The molecule has 1 aliphatic rings. The largest absolute Gasteiger partial charge is 0.378 e. The standard InChI is InChI=1S/C13H16N4O2S2/c1-16-12(10-3-2-8-20-10)14-15-13(16)21-9-11(18)17-4-6-19-7-5-17/h2-3,8H,4-7,9H2,1H3. The van der Waals surface area contributed by atoms with Gasteiger partial charge in [0.05, 0.1) is 23.8 Å². The lowest BCUT2D eigenvalue weighted by molar-refractivity contribution is -0.132. The molecule has 0 aliphatic carbocycles. The number of nitrogens with zero attached hydrogens (tertiary/aromatic N) is 4. The van der Waals surface area contributed by atoms with Crippen LogP contribution in [0.15, 0.2) is 22.7 Å². The molecule has 1 amide bonds. The third-order valence-electron chi connectivity index (χ3n) is 3.26. The average Bonchev–Trinajstić information content (AvgIpc) is 3.15. The Morgan fingerprint density at radius 2 is 2.24 bits per heavy atom. The maximum Gasteiger partial charge on any atom is 0.233 e. The van der Waals surface area contributed by atoms with Crippen molar-refractivity contribution in [2.75, 3.05) is 32.1 Å². The topological polar surface area (TPSA) is 60.2 Å². The van der Waals surface area contributed by atoms with Crippen LogP contribution in [-0.2, 0) is 16.6 Å². The summed E-state index contributed by atoms with van der Waals surface area (Å²) in [6.07, 6.45) is 0. The minimum absolute atomic E-state index is 0.129. The smallest absolute Gasteiger partial charge is 0.233 e. The Morgan fingerprint density at radius 1 is 1.43 bits per heavy atom. The van der Waals surface area contributed by atoms with E-state index in [2.05, 4.69) is 10.2 Å². The molecule has 0 saturated carbocycles. The highest BCUT2D eigenvalue weighted by atomic mass is 32.2. The number of amides is 1. The number of thiophene rings is 1. The molecule has 21 heavy (non-hydrogen) atoms. The second-order valence-electron chi connectivity index (χ2n) is 4.62. The van der Waals surface area contributed by atoms with Crippen molar-refractivity contribution < 1.29 is 9.53 Å². The molecule has 0 atom stereocenters. The van der Waals surface area contributed by atoms with Crippen LogP contribution in [0.2, 0.25) is 0 Å². The Hall–Kier alpha value is -1.38. The Kier molecular flexibility index (Phi) is 4.57. The Labute approximate surface area is 131 Å². The van der Waals surface area contributed by atoms with E-state index in [4.69, 9.17) is 4.74 Å². The first kappa shape index (κ1) is 14.6. The maximum absolute atomic E-state index is 12.1. The third-order valence-corrected chi connectivity index (χ3v) is 5.14. The SMILES string of the molecule is Cn1c(SCC(=O)N2CCOCC2)nnc1-c1cccs1. The first-order chi connectivity index (χ1) is 10.3. The van der Waals surface area contributed by atoms with E-state index in [1.807, 2.05) is 34.0 Å². The molecular weight excluding hydrogens is 308 g/mol. The lowest BCUT2D eigenvalue weighted by Gasteiger charge is -2.26. The second kappa shape index (κ2) is 6.59. The van der Waals surface area contributed by atoms with Gasteiger partial charge in [0.25, 0.3) is 0 Å². The van der Waals surface area contributed by atoms with E-state index in [0.29, 0.717) is 32.1 Å². The first-order valence-electron chi connectivity index (χ1n) is 6.67. The molecule has 0 spiro atoms. The normalized spacial score (nSPS) is 15.4. The van der Waals surface area contributed by atoms with Gasteiger partial charge in [0.2, 0.25) is 5.91 Å². The second-order valence-corrected chi connectivity index (χ2v) is 6.51. The highest BCUT2D eigenvalue weighted by Crippen LogP contribution is 2.26. The maximum atomic E-state index is 12.1. The molecule has 8 heteroatoms. The van der Waals surface area contributed by atoms with E-state index >= 15 is 0 Å². The molecule has 0 bridgehead atoms. The molecular formula is C13H16N4O2S2. The fraction of sp³-hybridized carbons (Fsp3) is 0.462. The highest BCUT2D eigenvalue weighted by molar-refractivity contribution is 7.99. The lowest BCUT2D eigenvalue weighted by atomic mass is 10.4. The first-order valence-corrected chi connectivity index (χ1v) is 8.54. The molecule has 1 saturated heterocycles. The minimum atomic E-state index is 0.129. The van der Waals surface area contributed by atoms with Crippen molar-refractivity contribution in [2.45, 2.75) is 5.16 Å². The van der Waals surface area contributed by atoms with Gasteiger partial charge in [-0.15, -0.1) is 21.5 Å². The van der Waals surface area contributed by atoms with E-state index in [1.165, 1.54) is 11.8 Å². The van der Waals surface area contributed by atoms with Crippen LogP contribution < -0.4 is 0 Å². The quantitative estimate of drug-likeness (QED) is 0.798. The van der Waals surface area contributed by atoms with E-state index in [9.17, 15) is 4.79 Å². The van der Waals surface area contributed by atoms with E-state index in [-0.39, 0.29) is 5.91 Å². The molecule has 6 nitrogen and oxygen atoms in total. The summed E-state index contributed by atoms with van der Waals surface area (Å²) in [7, 11) is 1.93. The van der Waals surface area contributed by atoms with Gasteiger partial charge in [-0.1, -0.05) is 17.8 Å². The number of hydrogen-bond donors (Lipinski definition) is 0. The van der Waals surface area contributed by atoms with Gasteiger partial charge in [0.1, 0.15) is 0 Å². The highest BCUT2D eigenvalue weighted by Gasteiger charge is 2.19. The number of thioether (sulfide) groups is 1. The number of rotatable bonds is 4. The van der Waals surface area contributed by atoms with Crippen LogP contribution in [0.25, 0.3) is 10.7 Å².